The van der Waals surface area contributed by atoms with E-state index in [-0.39, 0.29) is 0 Å². The number of hydrogen-bond donors (Lipinski definition) is 1. The van der Waals surface area contributed by atoms with Crippen molar-refractivity contribution in [2.75, 3.05) is 6.54 Å². The van der Waals surface area contributed by atoms with Crippen LogP contribution >= 0.6 is 0 Å². The van der Waals surface area contributed by atoms with Crippen molar-refractivity contribution >= 4 is 0 Å². The third kappa shape index (κ3) is 1.03. The van der Waals surface area contributed by atoms with E-state index in [1.54, 1.807) is 0 Å². The van der Waals surface area contributed by atoms with Crippen molar-refractivity contribution in [1.29, 1.82) is 0 Å². The first-order valence-corrected chi connectivity index (χ1v) is 3.21. The number of allylic oxidation sites excluding steroid dienone is 2. The van der Waals surface area contributed by atoms with Gasteiger partial charge in [0.1, 0.15) is 0 Å². The Morgan fingerprint density at radius 3 is 2.50 bits per heavy atom. The van der Waals surface area contributed by atoms with Crippen LogP contribution in [0.1, 0.15) is 26.7 Å². The maximum atomic E-state index is 3.34. The molecule has 0 unspecified atom stereocenters. The molecule has 1 N–H and O–H groups in total. The van der Waals surface area contributed by atoms with E-state index >= 15 is 0 Å². The first kappa shape index (κ1) is 5.67. The third-order valence-corrected chi connectivity index (χ3v) is 1.55. The predicted octanol–water partition coefficient (Wildman–Crippen LogP) is 1.66. The van der Waals surface area contributed by atoms with Gasteiger partial charge in [-0.3, -0.25) is 0 Å². The lowest BCUT2D eigenvalue weighted by Gasteiger charge is -1.98. The average Bonchev–Trinajstić information content (AvgIpc) is 2.12. The van der Waals surface area contributed by atoms with E-state index in [1.807, 2.05) is 0 Å². The molecule has 0 spiro atoms. The first-order chi connectivity index (χ1) is 3.80. The molecule has 0 bridgehead atoms. The lowest BCUT2D eigenvalue weighted by Crippen LogP contribution is -2.04. The highest BCUT2D eigenvalue weighted by Gasteiger charge is 2.04. The van der Waals surface area contributed by atoms with E-state index in [0.717, 1.165) is 0 Å². The summed E-state index contributed by atoms with van der Waals surface area (Å²) < 4.78 is 0. The summed E-state index contributed by atoms with van der Waals surface area (Å²) in [5, 5.41) is 3.34. The first-order valence-electron chi connectivity index (χ1n) is 3.21. The summed E-state index contributed by atoms with van der Waals surface area (Å²) >= 11 is 0. The van der Waals surface area contributed by atoms with E-state index in [1.165, 1.54) is 30.7 Å². The highest BCUT2D eigenvalue weighted by atomic mass is 14.9. The summed E-state index contributed by atoms with van der Waals surface area (Å²) in [6.07, 6.45) is 2.59. The Hall–Kier alpha value is -0.460. The van der Waals surface area contributed by atoms with Crippen LogP contribution in [-0.4, -0.2) is 6.54 Å². The highest BCUT2D eigenvalue weighted by Crippen LogP contribution is 2.12. The molecule has 46 valence electrons. The van der Waals surface area contributed by atoms with Gasteiger partial charge in [-0.25, -0.2) is 0 Å². The van der Waals surface area contributed by atoms with Gasteiger partial charge in [0.2, 0.25) is 0 Å². The standard InChI is InChI=1S/C7H13N/c1-6(2)7-4-3-5-8-7/h8H,3-5H2,1-2H3. The second-order valence-electron chi connectivity index (χ2n) is 2.51. The maximum absolute atomic E-state index is 3.34. The molecule has 1 saturated heterocycles. The molecule has 0 aliphatic carbocycles. The van der Waals surface area contributed by atoms with Gasteiger partial charge < -0.3 is 5.32 Å². The van der Waals surface area contributed by atoms with Crippen molar-refractivity contribution in [3.63, 3.8) is 0 Å². The molecule has 1 aliphatic heterocycles. The van der Waals surface area contributed by atoms with E-state index in [2.05, 4.69) is 19.2 Å². The summed E-state index contributed by atoms with van der Waals surface area (Å²) in [4.78, 5) is 0. The highest BCUT2D eigenvalue weighted by molar-refractivity contribution is 5.10. The Labute approximate surface area is 50.8 Å². The van der Waals surface area contributed by atoms with Crippen LogP contribution in [0.4, 0.5) is 0 Å². The zero-order valence-corrected chi connectivity index (χ0v) is 5.62. The largest absolute Gasteiger partial charge is 0.388 e. The summed E-state index contributed by atoms with van der Waals surface area (Å²) in [5.41, 5.74) is 2.91. The molecule has 1 rings (SSSR count). The van der Waals surface area contributed by atoms with Crippen molar-refractivity contribution in [3.8, 4) is 0 Å². The fourth-order valence-electron chi connectivity index (χ4n) is 1.02. The molecular weight excluding hydrogens is 98.1 g/mol. The van der Waals surface area contributed by atoms with Crippen molar-refractivity contribution in [2.45, 2.75) is 26.7 Å². The average molecular weight is 111 g/mol. The Bertz CT molecular complexity index is 102. The van der Waals surface area contributed by atoms with Crippen LogP contribution in [0.3, 0.4) is 0 Å². The molecule has 1 fully saturated rings. The SMILES string of the molecule is CC(C)=C1CCCN1. The summed E-state index contributed by atoms with van der Waals surface area (Å²) in [6.45, 7) is 5.50. The number of hydrogen-bond acceptors (Lipinski definition) is 1. The Morgan fingerprint density at radius 1 is 1.50 bits per heavy atom. The quantitative estimate of drug-likeness (QED) is 0.501. The van der Waals surface area contributed by atoms with Gasteiger partial charge in [0.15, 0.2) is 0 Å². The van der Waals surface area contributed by atoms with Crippen LogP contribution in [0.15, 0.2) is 11.3 Å². The van der Waals surface area contributed by atoms with Crippen molar-refractivity contribution in [3.05, 3.63) is 11.3 Å². The molecule has 8 heavy (non-hydrogen) atoms. The molecule has 1 heteroatoms. The van der Waals surface area contributed by atoms with Gasteiger partial charge in [-0.2, -0.15) is 0 Å². The second kappa shape index (κ2) is 2.21. The normalized spacial score (nSPS) is 18.5. The summed E-state index contributed by atoms with van der Waals surface area (Å²) in [6, 6.07) is 0. The lowest BCUT2D eigenvalue weighted by atomic mass is 10.2. The minimum atomic E-state index is 1.18. The molecule has 1 aliphatic rings. The van der Waals surface area contributed by atoms with Gasteiger partial charge in [-0.05, 0) is 26.7 Å². The molecular formula is C7H13N. The van der Waals surface area contributed by atoms with Gasteiger partial charge in [0.05, 0.1) is 0 Å². The van der Waals surface area contributed by atoms with Gasteiger partial charge >= 0.3 is 0 Å². The molecule has 0 aromatic carbocycles. The minimum Gasteiger partial charge on any atom is -0.388 e. The van der Waals surface area contributed by atoms with Crippen LogP contribution in [0.2, 0.25) is 0 Å². The number of rotatable bonds is 0. The van der Waals surface area contributed by atoms with Gasteiger partial charge in [-0.1, -0.05) is 5.57 Å². The molecule has 0 amide bonds. The van der Waals surface area contributed by atoms with Crippen LogP contribution < -0.4 is 5.32 Å². The fraction of sp³-hybridized carbons (Fsp3) is 0.714. The van der Waals surface area contributed by atoms with Crippen LogP contribution in [0, 0.1) is 0 Å². The Morgan fingerprint density at radius 2 is 2.25 bits per heavy atom. The molecule has 0 saturated carbocycles. The predicted molar refractivity (Wildman–Crippen MR) is 35.6 cm³/mol. The molecule has 1 nitrogen and oxygen atoms in total. The van der Waals surface area contributed by atoms with E-state index in [9.17, 15) is 0 Å². The van der Waals surface area contributed by atoms with Gasteiger partial charge in [0.25, 0.3) is 0 Å². The second-order valence-corrected chi connectivity index (χ2v) is 2.51. The monoisotopic (exact) mass is 111 g/mol. The smallest absolute Gasteiger partial charge is 0.0147 e. The van der Waals surface area contributed by atoms with Crippen LogP contribution in [-0.2, 0) is 0 Å². The zero-order chi connectivity index (χ0) is 5.98. The van der Waals surface area contributed by atoms with Crippen LogP contribution in [0.25, 0.3) is 0 Å². The van der Waals surface area contributed by atoms with Crippen molar-refractivity contribution < 1.29 is 0 Å². The fourth-order valence-corrected chi connectivity index (χ4v) is 1.02. The maximum Gasteiger partial charge on any atom is 0.0147 e. The van der Waals surface area contributed by atoms with Crippen molar-refractivity contribution in [2.24, 2.45) is 0 Å². The minimum absolute atomic E-state index is 1.18. The summed E-state index contributed by atoms with van der Waals surface area (Å²) in [7, 11) is 0. The molecule has 1 heterocycles. The van der Waals surface area contributed by atoms with Crippen molar-refractivity contribution in [1.82, 2.24) is 5.32 Å². The number of nitrogens with one attached hydrogen (secondary N) is 1. The van der Waals surface area contributed by atoms with Gasteiger partial charge in [0, 0.05) is 12.2 Å². The van der Waals surface area contributed by atoms with E-state index in [0.29, 0.717) is 0 Å². The summed E-state index contributed by atoms with van der Waals surface area (Å²) in [5.74, 6) is 0. The molecule has 0 aromatic rings. The van der Waals surface area contributed by atoms with E-state index in [4.69, 9.17) is 0 Å². The Balaban J connectivity index is 2.58. The topological polar surface area (TPSA) is 12.0 Å². The van der Waals surface area contributed by atoms with Gasteiger partial charge in [-0.15, -0.1) is 0 Å². The molecule has 0 aromatic heterocycles. The molecule has 0 radical (unpaired) electrons. The van der Waals surface area contributed by atoms with Crippen LogP contribution in [0.5, 0.6) is 0 Å². The lowest BCUT2D eigenvalue weighted by molar-refractivity contribution is 0.899. The molecule has 0 atom stereocenters. The Kier molecular flexibility index (Phi) is 1.56. The zero-order valence-electron chi connectivity index (χ0n) is 5.62. The van der Waals surface area contributed by atoms with E-state index < -0.39 is 0 Å². The third-order valence-electron chi connectivity index (χ3n) is 1.55.